The Morgan fingerprint density at radius 2 is 2.35 bits per heavy atom. The van der Waals surface area contributed by atoms with Gasteiger partial charge in [0.25, 0.3) is 5.69 Å². The molecule has 1 aromatic carbocycles. The highest BCUT2D eigenvalue weighted by molar-refractivity contribution is 5.66. The van der Waals surface area contributed by atoms with Crippen molar-refractivity contribution in [1.82, 2.24) is 0 Å². The lowest BCUT2D eigenvalue weighted by molar-refractivity contribution is -0.385. The van der Waals surface area contributed by atoms with Crippen LogP contribution in [0, 0.1) is 21.4 Å². The zero-order chi connectivity index (χ0) is 12.7. The molecule has 0 spiro atoms. The summed E-state index contributed by atoms with van der Waals surface area (Å²) in [6.07, 6.45) is 0.768. The summed E-state index contributed by atoms with van der Waals surface area (Å²) in [4.78, 5) is 10.2. The summed E-state index contributed by atoms with van der Waals surface area (Å²) in [5.41, 5.74) is 0.372. The lowest BCUT2D eigenvalue weighted by atomic mass is 10.1. The summed E-state index contributed by atoms with van der Waals surface area (Å²) in [5, 5.41) is 22.6. The number of hydrogen-bond acceptors (Lipinski definition) is 5. The van der Waals surface area contributed by atoms with Crippen LogP contribution in [0.25, 0.3) is 0 Å². The van der Waals surface area contributed by atoms with Gasteiger partial charge in [-0.15, -0.1) is 0 Å². The van der Waals surface area contributed by atoms with Crippen LogP contribution in [-0.4, -0.2) is 25.2 Å². The first-order valence-electron chi connectivity index (χ1n) is 5.11. The van der Waals surface area contributed by atoms with Crippen molar-refractivity contribution < 1.29 is 9.66 Å². The largest absolute Gasteiger partial charge is 0.385 e. The predicted octanol–water partition coefficient (Wildman–Crippen LogP) is 1.91. The molecular formula is C11H13N3O3. The first-order chi connectivity index (χ1) is 8.20. The highest BCUT2D eigenvalue weighted by atomic mass is 16.6. The standard InChI is InChI=1S/C11H13N3O3/c1-17-7-3-6-13-10-4-2-5-11(14(15)16)9(10)8-12/h2,4-5,13H,3,6-7H2,1H3. The molecule has 0 saturated carbocycles. The molecule has 1 N–H and O–H groups in total. The summed E-state index contributed by atoms with van der Waals surface area (Å²) in [6.45, 7) is 1.20. The summed E-state index contributed by atoms with van der Waals surface area (Å²) in [7, 11) is 1.61. The van der Waals surface area contributed by atoms with Crippen molar-refractivity contribution in [2.75, 3.05) is 25.6 Å². The Morgan fingerprint density at radius 1 is 1.59 bits per heavy atom. The first kappa shape index (κ1) is 12.9. The fourth-order valence-electron chi connectivity index (χ4n) is 1.40. The van der Waals surface area contributed by atoms with Crippen molar-refractivity contribution >= 4 is 11.4 Å². The van der Waals surface area contributed by atoms with Gasteiger partial charge >= 0.3 is 0 Å². The third kappa shape index (κ3) is 3.43. The van der Waals surface area contributed by atoms with E-state index >= 15 is 0 Å². The summed E-state index contributed by atoms with van der Waals surface area (Å²) < 4.78 is 4.89. The molecular weight excluding hydrogens is 222 g/mol. The smallest absolute Gasteiger partial charge is 0.289 e. The molecule has 0 fully saturated rings. The van der Waals surface area contributed by atoms with Gasteiger partial charge in [0.15, 0.2) is 5.56 Å². The molecule has 0 aromatic heterocycles. The number of methoxy groups -OCH3 is 1. The maximum absolute atomic E-state index is 10.7. The van der Waals surface area contributed by atoms with Gasteiger partial charge < -0.3 is 10.1 Å². The SMILES string of the molecule is COCCCNc1cccc([N+](=O)[O-])c1C#N. The average molecular weight is 235 g/mol. The van der Waals surface area contributed by atoms with Gasteiger partial charge in [0.05, 0.1) is 10.6 Å². The van der Waals surface area contributed by atoms with Gasteiger partial charge in [-0.2, -0.15) is 5.26 Å². The number of ether oxygens (including phenoxy) is 1. The molecule has 0 atom stereocenters. The Kier molecular flexibility index (Phi) is 4.91. The van der Waals surface area contributed by atoms with Crippen molar-refractivity contribution in [2.24, 2.45) is 0 Å². The summed E-state index contributed by atoms with van der Waals surface area (Å²) in [6, 6.07) is 6.37. The Balaban J connectivity index is 2.82. The monoisotopic (exact) mass is 235 g/mol. The van der Waals surface area contributed by atoms with Crippen LogP contribution < -0.4 is 5.32 Å². The second-order valence-corrected chi connectivity index (χ2v) is 3.34. The van der Waals surface area contributed by atoms with Gasteiger partial charge in [0.2, 0.25) is 0 Å². The molecule has 0 aliphatic heterocycles. The molecule has 0 heterocycles. The van der Waals surface area contributed by atoms with Gasteiger partial charge in [0.1, 0.15) is 6.07 Å². The zero-order valence-corrected chi connectivity index (χ0v) is 9.47. The number of nitro benzene ring substituents is 1. The topological polar surface area (TPSA) is 88.2 Å². The van der Waals surface area contributed by atoms with Crippen LogP contribution in [0.5, 0.6) is 0 Å². The van der Waals surface area contributed by atoms with Gasteiger partial charge in [-0.3, -0.25) is 10.1 Å². The number of hydrogen-bond donors (Lipinski definition) is 1. The van der Waals surface area contributed by atoms with E-state index in [1.165, 1.54) is 6.07 Å². The van der Waals surface area contributed by atoms with Crippen molar-refractivity contribution in [1.29, 1.82) is 5.26 Å². The van der Waals surface area contributed by atoms with Gasteiger partial charge in [-0.05, 0) is 12.5 Å². The number of nitro groups is 1. The summed E-state index contributed by atoms with van der Waals surface area (Å²) in [5.74, 6) is 0. The van der Waals surface area contributed by atoms with E-state index in [1.807, 2.05) is 6.07 Å². The number of anilines is 1. The molecule has 0 amide bonds. The number of benzene rings is 1. The van der Waals surface area contributed by atoms with Crippen molar-refractivity contribution in [3.05, 3.63) is 33.9 Å². The number of nitrogens with one attached hydrogen (secondary N) is 1. The molecule has 0 aliphatic rings. The highest BCUT2D eigenvalue weighted by Gasteiger charge is 2.16. The van der Waals surface area contributed by atoms with E-state index in [0.29, 0.717) is 18.8 Å². The first-order valence-corrected chi connectivity index (χ1v) is 5.11. The minimum absolute atomic E-state index is 0.0647. The lowest BCUT2D eigenvalue weighted by Gasteiger charge is -2.07. The number of rotatable bonds is 6. The third-order valence-corrected chi connectivity index (χ3v) is 2.19. The highest BCUT2D eigenvalue weighted by Crippen LogP contribution is 2.25. The number of nitrogens with zero attached hydrogens (tertiary/aromatic N) is 2. The molecule has 0 saturated heterocycles. The van der Waals surface area contributed by atoms with E-state index in [2.05, 4.69) is 5.32 Å². The molecule has 1 rings (SSSR count). The van der Waals surface area contributed by atoms with Crippen LogP contribution in [0.4, 0.5) is 11.4 Å². The molecule has 17 heavy (non-hydrogen) atoms. The van der Waals surface area contributed by atoms with E-state index < -0.39 is 4.92 Å². The van der Waals surface area contributed by atoms with E-state index in [1.54, 1.807) is 19.2 Å². The Bertz CT molecular complexity index is 440. The molecule has 0 aliphatic carbocycles. The van der Waals surface area contributed by atoms with Gasteiger partial charge in [-0.25, -0.2) is 0 Å². The van der Waals surface area contributed by atoms with Crippen molar-refractivity contribution in [3.63, 3.8) is 0 Å². The lowest BCUT2D eigenvalue weighted by Crippen LogP contribution is -2.06. The van der Waals surface area contributed by atoms with E-state index in [0.717, 1.165) is 6.42 Å². The van der Waals surface area contributed by atoms with E-state index in [9.17, 15) is 10.1 Å². The second-order valence-electron chi connectivity index (χ2n) is 3.34. The van der Waals surface area contributed by atoms with Crippen LogP contribution in [-0.2, 0) is 4.74 Å². The number of nitriles is 1. The Morgan fingerprint density at radius 3 is 2.94 bits per heavy atom. The van der Waals surface area contributed by atoms with E-state index in [4.69, 9.17) is 10.00 Å². The van der Waals surface area contributed by atoms with Crippen molar-refractivity contribution in [3.8, 4) is 6.07 Å². The van der Waals surface area contributed by atoms with Crippen LogP contribution in [0.3, 0.4) is 0 Å². The second kappa shape index (κ2) is 6.45. The fourth-order valence-corrected chi connectivity index (χ4v) is 1.40. The van der Waals surface area contributed by atoms with E-state index in [-0.39, 0.29) is 11.3 Å². The predicted molar refractivity (Wildman–Crippen MR) is 62.8 cm³/mol. The van der Waals surface area contributed by atoms with Gasteiger partial charge in [-0.1, -0.05) is 6.07 Å². The minimum Gasteiger partial charge on any atom is -0.385 e. The fraction of sp³-hybridized carbons (Fsp3) is 0.364. The Labute approximate surface area is 99.0 Å². The Hall–Kier alpha value is -2.13. The molecule has 0 radical (unpaired) electrons. The molecule has 1 aromatic rings. The molecule has 0 unspecified atom stereocenters. The quantitative estimate of drug-likeness (QED) is 0.462. The van der Waals surface area contributed by atoms with Crippen LogP contribution >= 0.6 is 0 Å². The third-order valence-electron chi connectivity index (χ3n) is 2.19. The minimum atomic E-state index is -0.557. The molecule has 90 valence electrons. The van der Waals surface area contributed by atoms with Crippen LogP contribution in [0.2, 0.25) is 0 Å². The van der Waals surface area contributed by atoms with Gasteiger partial charge in [0, 0.05) is 26.3 Å². The normalized spacial score (nSPS) is 9.65. The maximum Gasteiger partial charge on any atom is 0.289 e. The molecule has 0 bridgehead atoms. The maximum atomic E-state index is 10.7. The molecule has 6 nitrogen and oxygen atoms in total. The average Bonchev–Trinajstić information content (AvgIpc) is 2.34. The van der Waals surface area contributed by atoms with Crippen molar-refractivity contribution in [2.45, 2.75) is 6.42 Å². The van der Waals surface area contributed by atoms with Crippen LogP contribution in [0.15, 0.2) is 18.2 Å². The molecule has 6 heteroatoms. The summed E-state index contributed by atoms with van der Waals surface area (Å²) >= 11 is 0. The van der Waals surface area contributed by atoms with Crippen LogP contribution in [0.1, 0.15) is 12.0 Å². The zero-order valence-electron chi connectivity index (χ0n) is 9.47.